The van der Waals surface area contributed by atoms with Gasteiger partial charge in [0.1, 0.15) is 18.1 Å². The normalized spacial score (nSPS) is 21.5. The average molecular weight is 924 g/mol. The molecule has 0 spiro atoms. The van der Waals surface area contributed by atoms with Crippen molar-refractivity contribution in [3.8, 4) is 22.5 Å². The van der Waals surface area contributed by atoms with Gasteiger partial charge in [-0.2, -0.15) is 0 Å². The van der Waals surface area contributed by atoms with Crippen LogP contribution in [0.4, 0.5) is 4.79 Å². The van der Waals surface area contributed by atoms with Crippen molar-refractivity contribution in [1.29, 1.82) is 0 Å². The number of esters is 1. The number of carbonyl (C=O) groups excluding carboxylic acids is 5. The molecule has 1 aliphatic carbocycles. The minimum absolute atomic E-state index is 0.0607. The van der Waals surface area contributed by atoms with Crippen LogP contribution in [0.25, 0.3) is 33.4 Å². The number of nitrogens with one attached hydrogen (secondary N) is 2. The van der Waals surface area contributed by atoms with Gasteiger partial charge in [-0.3, -0.25) is 29.2 Å². The molecule has 3 aliphatic rings. The average Bonchev–Trinajstić information content (AvgIpc) is 3.87. The lowest BCUT2D eigenvalue weighted by Crippen LogP contribution is -2.63. The van der Waals surface area contributed by atoms with Gasteiger partial charge < -0.3 is 29.3 Å². The van der Waals surface area contributed by atoms with Gasteiger partial charge >= 0.3 is 12.0 Å². The van der Waals surface area contributed by atoms with E-state index < -0.39 is 41.3 Å². The number of thiazole rings is 1. The number of pyridine rings is 1. The van der Waals surface area contributed by atoms with E-state index in [-0.39, 0.29) is 48.9 Å². The molecule has 1 saturated carbocycles. The summed E-state index contributed by atoms with van der Waals surface area (Å²) in [7, 11) is 5.15. The molecular formula is C50H69N9O6S. The lowest BCUT2D eigenvalue weighted by atomic mass is 9.84. The van der Waals surface area contributed by atoms with E-state index in [4.69, 9.17) is 14.7 Å². The Balaban J connectivity index is 1.23. The summed E-state index contributed by atoms with van der Waals surface area (Å²) >= 11 is 1.42. The Hall–Kier alpha value is -5.35. The number of likely N-dealkylation sites (N-methyl/N-ethyl adjacent to an activating group) is 1. The highest BCUT2D eigenvalue weighted by Gasteiger charge is 2.42. The largest absolute Gasteiger partial charge is 0.464 e. The monoisotopic (exact) mass is 924 g/mol. The van der Waals surface area contributed by atoms with Crippen LogP contribution in [0.1, 0.15) is 110 Å². The van der Waals surface area contributed by atoms with Crippen LogP contribution in [-0.4, -0.2) is 128 Å². The molecule has 0 unspecified atom stereocenters. The molecule has 15 nitrogen and oxygen atoms in total. The Morgan fingerprint density at radius 1 is 1.03 bits per heavy atom. The van der Waals surface area contributed by atoms with Gasteiger partial charge in [0.05, 0.1) is 28.7 Å². The fraction of sp³-hybridized carbons (Fsp3) is 0.580. The van der Waals surface area contributed by atoms with E-state index in [9.17, 15) is 24.0 Å². The Kier molecular flexibility index (Phi) is 14.6. The standard InChI is InChI=1S/C50H69N9O6S/c1-12-42(60)55(9)32-23-33(24-32)56(10)49(64)57(11)44(30(5)6)46(61)53-38-25-41-52-39(27-66-41)31-18-19-40-35(22-31)36(45(58(40)13-2)34-16-14-20-51-43(34)29(3)4)26-50(7,8)28-65-48(63)37-17-15-21-59(54-37)47(38)62/h14,16,18-20,22,27,29-30,32-33,37-38,44,54H,12-13,15,17,21,23-26,28H2,1-11H3,(H,53,61)/t32?,33?,37-,38-,44-/m0/s1. The van der Waals surface area contributed by atoms with Crippen molar-refractivity contribution in [2.75, 3.05) is 34.3 Å². The number of hydrogen-bond acceptors (Lipinski definition) is 10. The second-order valence-electron chi connectivity index (χ2n) is 19.9. The van der Waals surface area contributed by atoms with Crippen molar-refractivity contribution >= 4 is 52.0 Å². The zero-order valence-corrected chi connectivity index (χ0v) is 41.5. The summed E-state index contributed by atoms with van der Waals surface area (Å²) in [6, 6.07) is 7.51. The third kappa shape index (κ3) is 9.85. The number of hydrogen-bond donors (Lipinski definition) is 2. The van der Waals surface area contributed by atoms with Crippen LogP contribution in [0.3, 0.4) is 0 Å². The highest BCUT2D eigenvalue weighted by atomic mass is 32.1. The molecule has 5 heterocycles. The molecule has 1 saturated heterocycles. The van der Waals surface area contributed by atoms with Crippen molar-refractivity contribution in [2.45, 2.75) is 143 Å². The minimum atomic E-state index is -1.07. The third-order valence-electron chi connectivity index (χ3n) is 13.8. The number of hydrazine groups is 1. The summed E-state index contributed by atoms with van der Waals surface area (Å²) in [5.74, 6) is -1.36. The zero-order valence-electron chi connectivity index (χ0n) is 40.6. The van der Waals surface area contributed by atoms with Crippen LogP contribution in [0.2, 0.25) is 0 Å². The molecule has 2 fully saturated rings. The van der Waals surface area contributed by atoms with E-state index in [0.29, 0.717) is 50.1 Å². The number of aromatic nitrogens is 3. The second kappa shape index (κ2) is 19.9. The van der Waals surface area contributed by atoms with Gasteiger partial charge in [0.15, 0.2) is 0 Å². The number of fused-ring (bicyclic) bond motifs is 6. The van der Waals surface area contributed by atoms with E-state index in [1.165, 1.54) is 21.2 Å². The number of nitrogens with zero attached hydrogens (tertiary/aromatic N) is 7. The van der Waals surface area contributed by atoms with Crippen LogP contribution >= 0.6 is 11.3 Å². The van der Waals surface area contributed by atoms with E-state index in [2.05, 4.69) is 74.2 Å². The smallest absolute Gasteiger partial charge is 0.324 e. The van der Waals surface area contributed by atoms with Gasteiger partial charge in [0.25, 0.3) is 5.91 Å². The van der Waals surface area contributed by atoms with Gasteiger partial charge in [-0.1, -0.05) is 54.5 Å². The first-order valence-corrected chi connectivity index (χ1v) is 24.6. The zero-order chi connectivity index (χ0) is 47.8. The van der Waals surface area contributed by atoms with Crippen LogP contribution in [0, 0.1) is 11.3 Å². The number of amides is 5. The first-order chi connectivity index (χ1) is 31.3. The van der Waals surface area contributed by atoms with Crippen molar-refractivity contribution in [1.82, 2.24) is 45.0 Å². The summed E-state index contributed by atoms with van der Waals surface area (Å²) in [6.07, 6.45) is 5.33. The molecule has 0 radical (unpaired) electrons. The maximum atomic E-state index is 14.6. The topological polar surface area (TPSA) is 162 Å². The second-order valence-corrected chi connectivity index (χ2v) is 20.8. The molecule has 66 heavy (non-hydrogen) atoms. The molecule has 2 aliphatic heterocycles. The van der Waals surface area contributed by atoms with Gasteiger partial charge in [0, 0.05) is 98.2 Å². The molecule has 356 valence electrons. The summed E-state index contributed by atoms with van der Waals surface area (Å²) < 4.78 is 8.48. The number of ether oxygens (including phenoxy) is 1. The SMILES string of the molecule is CCC(=O)N(C)C1CC(N(C)C(=O)N(C)[C@H](C(=O)N[C@H]2Cc3nc(cs3)-c3ccc4c(c3)c(c(-c3cccnc3C(C)C)n4CC)CC(C)(C)COC(=O)[C@@H]3CCCN(N3)C2=O)C(C)C)C1. The Morgan fingerprint density at radius 2 is 1.76 bits per heavy atom. The molecular weight excluding hydrogens is 855 g/mol. The molecule has 6 bridgehead atoms. The van der Waals surface area contributed by atoms with Crippen LogP contribution in [0.5, 0.6) is 0 Å². The molecule has 7 rings (SSSR count). The molecule has 5 amide bonds. The molecule has 4 aromatic rings. The quantitative estimate of drug-likeness (QED) is 0.159. The molecule has 16 heteroatoms. The van der Waals surface area contributed by atoms with Gasteiger partial charge in [-0.05, 0) is 80.7 Å². The minimum Gasteiger partial charge on any atom is -0.464 e. The Morgan fingerprint density at radius 3 is 2.44 bits per heavy atom. The first kappa shape index (κ1) is 48.6. The number of urea groups is 1. The molecule has 3 aromatic heterocycles. The van der Waals surface area contributed by atoms with Gasteiger partial charge in [-0.15, -0.1) is 11.3 Å². The summed E-state index contributed by atoms with van der Waals surface area (Å²) in [5.41, 5.74) is 9.82. The van der Waals surface area contributed by atoms with Crippen LogP contribution in [0.15, 0.2) is 41.9 Å². The summed E-state index contributed by atoms with van der Waals surface area (Å²) in [4.78, 5) is 84.1. The van der Waals surface area contributed by atoms with Crippen molar-refractivity contribution in [3.63, 3.8) is 0 Å². The lowest BCUT2D eigenvalue weighted by Gasteiger charge is -2.46. The van der Waals surface area contributed by atoms with Crippen LogP contribution in [-0.2, 0) is 43.3 Å². The number of carbonyl (C=O) groups is 5. The van der Waals surface area contributed by atoms with E-state index >= 15 is 0 Å². The number of cyclic esters (lactones) is 1. The van der Waals surface area contributed by atoms with E-state index in [1.54, 1.807) is 30.9 Å². The van der Waals surface area contributed by atoms with Crippen molar-refractivity contribution in [3.05, 3.63) is 58.2 Å². The fourth-order valence-corrected chi connectivity index (χ4v) is 10.8. The maximum Gasteiger partial charge on any atom is 0.324 e. The number of rotatable bonds is 10. The van der Waals surface area contributed by atoms with Gasteiger partial charge in [0.2, 0.25) is 11.8 Å². The van der Waals surface area contributed by atoms with Crippen LogP contribution < -0.4 is 10.7 Å². The molecule has 2 N–H and O–H groups in total. The first-order valence-electron chi connectivity index (χ1n) is 23.7. The molecule has 1 aromatic carbocycles. The highest BCUT2D eigenvalue weighted by molar-refractivity contribution is 7.10. The summed E-state index contributed by atoms with van der Waals surface area (Å²) in [5, 5.41) is 8.21. The van der Waals surface area contributed by atoms with E-state index in [1.807, 2.05) is 38.4 Å². The van der Waals surface area contributed by atoms with Crippen molar-refractivity contribution in [2.24, 2.45) is 11.3 Å². The third-order valence-corrected chi connectivity index (χ3v) is 14.6. The summed E-state index contributed by atoms with van der Waals surface area (Å²) in [6.45, 7) is 17.5. The van der Waals surface area contributed by atoms with Gasteiger partial charge in [-0.25, -0.2) is 15.2 Å². The predicted octanol–water partition coefficient (Wildman–Crippen LogP) is 7.03. The van der Waals surface area contributed by atoms with Crippen molar-refractivity contribution < 1.29 is 28.7 Å². The van der Waals surface area contributed by atoms with E-state index in [0.717, 1.165) is 51.2 Å². The Bertz CT molecular complexity index is 2450. The molecule has 3 atom stereocenters. The lowest BCUT2D eigenvalue weighted by molar-refractivity contribution is -0.155. The Labute approximate surface area is 393 Å². The highest BCUT2D eigenvalue weighted by Crippen LogP contribution is 2.42. The number of benzene rings is 1. The predicted molar refractivity (Wildman–Crippen MR) is 257 cm³/mol. The fourth-order valence-electron chi connectivity index (χ4n) is 9.94. The maximum absolute atomic E-state index is 14.6. The number of aryl methyl sites for hydroxylation is 1.